The Kier molecular flexibility index (Phi) is 3.91. The molecule has 0 amide bonds. The van der Waals surface area contributed by atoms with Gasteiger partial charge in [-0.1, -0.05) is 30.3 Å². The monoisotopic (exact) mass is 330 g/mol. The van der Waals surface area contributed by atoms with Crippen molar-refractivity contribution < 1.29 is 0 Å². The molecule has 0 aliphatic heterocycles. The number of benzene rings is 1. The molecule has 0 spiro atoms. The van der Waals surface area contributed by atoms with Crippen molar-refractivity contribution in [3.8, 4) is 11.1 Å². The molecule has 0 saturated carbocycles. The van der Waals surface area contributed by atoms with Gasteiger partial charge in [-0.15, -0.1) is 11.3 Å². The first-order valence-electron chi connectivity index (χ1n) is 6.66. The van der Waals surface area contributed by atoms with Crippen LogP contribution in [0.1, 0.15) is 4.88 Å². The Morgan fingerprint density at radius 2 is 2.05 bits per heavy atom. The largest absolute Gasteiger partial charge is 0.364 e. The van der Waals surface area contributed by atoms with Gasteiger partial charge in [0.05, 0.1) is 5.39 Å². The molecule has 7 heteroatoms. The lowest BCUT2D eigenvalue weighted by Crippen LogP contribution is -2.37. The summed E-state index contributed by atoms with van der Waals surface area (Å²) in [5, 5.41) is 3.75. The highest BCUT2D eigenvalue weighted by Crippen LogP contribution is 2.35. The molecule has 0 unspecified atom stereocenters. The predicted molar refractivity (Wildman–Crippen MR) is 95.1 cm³/mol. The van der Waals surface area contributed by atoms with E-state index in [-0.39, 0.29) is 5.56 Å². The zero-order valence-electron chi connectivity index (χ0n) is 12.1. The van der Waals surface area contributed by atoms with E-state index in [4.69, 9.17) is 12.2 Å². The number of aromatic nitrogens is 2. The number of nitrogens with one attached hydrogen (secondary N) is 2. The van der Waals surface area contributed by atoms with E-state index in [0.717, 1.165) is 20.8 Å². The molecule has 0 bridgehead atoms. The molecule has 0 fully saturated rings. The third kappa shape index (κ3) is 2.49. The normalized spacial score (nSPS) is 10.6. The second-order valence-electron chi connectivity index (χ2n) is 4.69. The van der Waals surface area contributed by atoms with E-state index in [2.05, 4.69) is 15.7 Å². The fourth-order valence-electron chi connectivity index (χ4n) is 2.30. The number of thiocarbonyl (C=S) groups is 1. The molecule has 0 aliphatic carbocycles. The number of hydrogen-bond acceptors (Lipinski definition) is 4. The fourth-order valence-corrected chi connectivity index (χ4v) is 3.40. The van der Waals surface area contributed by atoms with Crippen LogP contribution in [0, 0.1) is 6.92 Å². The van der Waals surface area contributed by atoms with Crippen molar-refractivity contribution in [1.29, 1.82) is 0 Å². The van der Waals surface area contributed by atoms with E-state index in [1.54, 1.807) is 7.05 Å². The van der Waals surface area contributed by atoms with Crippen LogP contribution in [0.15, 0.2) is 41.5 Å². The van der Waals surface area contributed by atoms with Crippen molar-refractivity contribution in [1.82, 2.24) is 15.0 Å². The minimum atomic E-state index is -0.161. The zero-order valence-corrected chi connectivity index (χ0v) is 13.7. The summed E-state index contributed by atoms with van der Waals surface area (Å²) in [7, 11) is 1.69. The van der Waals surface area contributed by atoms with Crippen LogP contribution in [0.25, 0.3) is 21.3 Å². The quantitative estimate of drug-likeness (QED) is 0.707. The molecule has 0 saturated heterocycles. The first kappa shape index (κ1) is 14.7. The third-order valence-corrected chi connectivity index (χ3v) is 4.61. The van der Waals surface area contributed by atoms with Gasteiger partial charge in [0, 0.05) is 17.5 Å². The maximum absolute atomic E-state index is 12.8. The summed E-state index contributed by atoms with van der Waals surface area (Å²) in [5.41, 5.74) is 4.59. The van der Waals surface area contributed by atoms with E-state index in [0.29, 0.717) is 10.5 Å². The van der Waals surface area contributed by atoms with E-state index in [1.807, 2.05) is 37.3 Å². The van der Waals surface area contributed by atoms with Crippen LogP contribution in [-0.4, -0.2) is 21.8 Å². The van der Waals surface area contributed by atoms with Crippen molar-refractivity contribution in [2.24, 2.45) is 0 Å². The van der Waals surface area contributed by atoms with E-state index >= 15 is 0 Å². The second-order valence-corrected chi connectivity index (χ2v) is 6.30. The predicted octanol–water partition coefficient (Wildman–Crippen LogP) is 2.48. The Hall–Kier alpha value is -2.25. The smallest absolute Gasteiger partial charge is 0.281 e. The molecule has 0 radical (unpaired) electrons. The maximum atomic E-state index is 12.8. The topological polar surface area (TPSA) is 58.9 Å². The average Bonchev–Trinajstić information content (AvgIpc) is 2.87. The van der Waals surface area contributed by atoms with Crippen LogP contribution < -0.4 is 16.3 Å². The summed E-state index contributed by atoms with van der Waals surface area (Å²) in [5.74, 6) is 0. The van der Waals surface area contributed by atoms with E-state index in [9.17, 15) is 4.79 Å². The summed E-state index contributed by atoms with van der Waals surface area (Å²) in [4.78, 5) is 18.9. The molecule has 5 nitrogen and oxygen atoms in total. The number of fused-ring (bicyclic) bond motifs is 1. The molecule has 22 heavy (non-hydrogen) atoms. The molecule has 112 valence electrons. The number of aryl methyl sites for hydroxylation is 1. The molecule has 2 aromatic heterocycles. The van der Waals surface area contributed by atoms with Crippen molar-refractivity contribution in [3.05, 3.63) is 51.9 Å². The van der Waals surface area contributed by atoms with Crippen molar-refractivity contribution in [2.45, 2.75) is 6.92 Å². The first-order valence-corrected chi connectivity index (χ1v) is 7.89. The van der Waals surface area contributed by atoms with Crippen LogP contribution in [0.5, 0.6) is 0 Å². The molecule has 3 rings (SSSR count). The zero-order chi connectivity index (χ0) is 15.7. The highest BCUT2D eigenvalue weighted by Gasteiger charge is 2.16. The number of nitrogens with zero attached hydrogens (tertiary/aromatic N) is 2. The molecule has 0 aliphatic rings. The molecule has 3 aromatic rings. The van der Waals surface area contributed by atoms with Gasteiger partial charge in [-0.2, -0.15) is 0 Å². The Balaban J connectivity index is 2.25. The highest BCUT2D eigenvalue weighted by atomic mass is 32.1. The molecule has 2 heterocycles. The van der Waals surface area contributed by atoms with Gasteiger partial charge in [-0.05, 0) is 24.7 Å². The van der Waals surface area contributed by atoms with Crippen LogP contribution in [-0.2, 0) is 0 Å². The van der Waals surface area contributed by atoms with Crippen LogP contribution in [0.4, 0.5) is 0 Å². The summed E-state index contributed by atoms with van der Waals surface area (Å²) in [6.45, 7) is 2.00. The van der Waals surface area contributed by atoms with E-state index in [1.165, 1.54) is 22.3 Å². The molecule has 0 atom stereocenters. The van der Waals surface area contributed by atoms with Crippen molar-refractivity contribution >= 4 is 38.9 Å². The Morgan fingerprint density at radius 3 is 2.73 bits per heavy atom. The van der Waals surface area contributed by atoms with Gasteiger partial charge in [-0.3, -0.25) is 10.2 Å². The SMILES string of the molecule is CNC(=S)Nn1cnc2sc(C)c(-c3ccccc3)c2c1=O. The number of hydrogen-bond donors (Lipinski definition) is 2. The van der Waals surface area contributed by atoms with Gasteiger partial charge in [-0.25, -0.2) is 9.66 Å². The lowest BCUT2D eigenvalue weighted by molar-refractivity contribution is 0.886. The average molecular weight is 330 g/mol. The molecular formula is C15H14N4OS2. The number of thiophene rings is 1. The molecular weight excluding hydrogens is 316 g/mol. The Labute approximate surface area is 136 Å². The van der Waals surface area contributed by atoms with Gasteiger partial charge in [0.25, 0.3) is 5.56 Å². The Morgan fingerprint density at radius 1 is 1.32 bits per heavy atom. The fraction of sp³-hybridized carbons (Fsp3) is 0.133. The highest BCUT2D eigenvalue weighted by molar-refractivity contribution is 7.80. The summed E-state index contributed by atoms with van der Waals surface area (Å²) >= 11 is 6.56. The van der Waals surface area contributed by atoms with Crippen molar-refractivity contribution in [2.75, 3.05) is 12.5 Å². The Bertz CT molecular complexity index is 899. The van der Waals surface area contributed by atoms with Gasteiger partial charge < -0.3 is 5.32 Å². The van der Waals surface area contributed by atoms with Gasteiger partial charge in [0.15, 0.2) is 5.11 Å². The standard InChI is InChI=1S/C15H14N4OS2/c1-9-11(10-6-4-3-5-7-10)12-13(22-9)17-8-19(14(12)20)18-15(21)16-2/h3-8H,1-2H3,(H2,16,18,21). The molecule has 1 aromatic carbocycles. The van der Waals surface area contributed by atoms with Crippen molar-refractivity contribution in [3.63, 3.8) is 0 Å². The number of rotatable bonds is 2. The first-order chi connectivity index (χ1) is 10.6. The van der Waals surface area contributed by atoms with Crippen LogP contribution in [0.2, 0.25) is 0 Å². The van der Waals surface area contributed by atoms with E-state index < -0.39 is 0 Å². The molecule has 2 N–H and O–H groups in total. The second kappa shape index (κ2) is 5.86. The maximum Gasteiger partial charge on any atom is 0.281 e. The van der Waals surface area contributed by atoms with Gasteiger partial charge >= 0.3 is 0 Å². The summed E-state index contributed by atoms with van der Waals surface area (Å²) < 4.78 is 1.31. The van der Waals surface area contributed by atoms with Gasteiger partial charge in [0.1, 0.15) is 11.2 Å². The third-order valence-electron chi connectivity index (χ3n) is 3.30. The minimum absolute atomic E-state index is 0.161. The lowest BCUT2D eigenvalue weighted by Gasteiger charge is -2.09. The van der Waals surface area contributed by atoms with Crippen LogP contribution >= 0.6 is 23.6 Å². The summed E-state index contributed by atoms with van der Waals surface area (Å²) in [6.07, 6.45) is 1.46. The summed E-state index contributed by atoms with van der Waals surface area (Å²) in [6, 6.07) is 9.87. The van der Waals surface area contributed by atoms with Crippen LogP contribution in [0.3, 0.4) is 0 Å². The minimum Gasteiger partial charge on any atom is -0.364 e. The van der Waals surface area contributed by atoms with Gasteiger partial charge in [0.2, 0.25) is 0 Å². The lowest BCUT2D eigenvalue weighted by atomic mass is 10.0.